The fraction of sp³-hybridized carbons (Fsp3) is 1.00. The van der Waals surface area contributed by atoms with Gasteiger partial charge in [0.15, 0.2) is 0 Å². The maximum absolute atomic E-state index is 10.1. The topological polar surface area (TPSA) is 82.4 Å². The van der Waals surface area contributed by atoms with Crippen LogP contribution in [0.4, 0.5) is 0 Å². The standard InChI is InChI=1S/C2H6NO4S2.CH4/c1-8(4,5)3-9(2,6)7;/h1-2H3;1H4/q-1;. The average Bonchev–Trinajstić information content (AvgIpc) is 1.14. The molecule has 0 aliphatic carbocycles. The minimum atomic E-state index is -3.74. The van der Waals surface area contributed by atoms with E-state index in [9.17, 15) is 16.8 Å². The second kappa shape index (κ2) is 3.31. The van der Waals surface area contributed by atoms with E-state index in [0.717, 1.165) is 0 Å². The van der Waals surface area contributed by atoms with E-state index in [2.05, 4.69) is 4.13 Å². The van der Waals surface area contributed by atoms with E-state index in [1.54, 1.807) is 0 Å². The van der Waals surface area contributed by atoms with Crippen LogP contribution < -0.4 is 0 Å². The van der Waals surface area contributed by atoms with E-state index >= 15 is 0 Å². The van der Waals surface area contributed by atoms with Crippen LogP contribution in [0.1, 0.15) is 7.43 Å². The van der Waals surface area contributed by atoms with Gasteiger partial charge in [0, 0.05) is 12.5 Å². The van der Waals surface area contributed by atoms with E-state index in [-0.39, 0.29) is 7.43 Å². The number of hydrogen-bond acceptors (Lipinski definition) is 4. The van der Waals surface area contributed by atoms with Gasteiger partial charge in [-0.25, -0.2) is 16.8 Å². The fourth-order valence-electron chi connectivity index (χ4n) is 0.246. The molecule has 0 spiro atoms. The third-order valence-corrected chi connectivity index (χ3v) is 2.44. The molecule has 0 N–H and O–H groups in total. The number of rotatable bonds is 2. The highest BCUT2D eigenvalue weighted by molar-refractivity contribution is 8.11. The normalized spacial score (nSPS) is 12.2. The van der Waals surface area contributed by atoms with Crippen LogP contribution in [0.2, 0.25) is 0 Å². The third-order valence-electron chi connectivity index (χ3n) is 0.271. The Morgan fingerprint density at radius 2 is 1.10 bits per heavy atom. The van der Waals surface area contributed by atoms with E-state index in [0.29, 0.717) is 12.5 Å². The molecule has 0 atom stereocenters. The second-order valence-corrected chi connectivity index (χ2v) is 5.07. The molecule has 0 saturated heterocycles. The minimum absolute atomic E-state index is 0. The highest BCUT2D eigenvalue weighted by Gasteiger charge is 1.92. The molecule has 5 nitrogen and oxygen atoms in total. The fourth-order valence-corrected chi connectivity index (χ4v) is 2.21. The molecule has 10 heavy (non-hydrogen) atoms. The SMILES string of the molecule is C.CS(=O)(=O)[N-]S(C)(=O)=O. The highest BCUT2D eigenvalue weighted by atomic mass is 32.3. The maximum atomic E-state index is 10.1. The van der Waals surface area contributed by atoms with Crippen LogP contribution in [0, 0.1) is 0 Å². The van der Waals surface area contributed by atoms with Crippen molar-refractivity contribution in [2.75, 3.05) is 12.5 Å². The summed E-state index contributed by atoms with van der Waals surface area (Å²) in [6.45, 7) is 0. The van der Waals surface area contributed by atoms with Crippen molar-refractivity contribution < 1.29 is 16.8 Å². The average molecular weight is 188 g/mol. The molecule has 0 fully saturated rings. The molecule has 0 heterocycles. The molecule has 0 aromatic rings. The van der Waals surface area contributed by atoms with Crippen molar-refractivity contribution in [2.24, 2.45) is 0 Å². The summed E-state index contributed by atoms with van der Waals surface area (Å²) < 4.78 is 42.9. The van der Waals surface area contributed by atoms with Crippen LogP contribution in [0.5, 0.6) is 0 Å². The monoisotopic (exact) mass is 188 g/mol. The van der Waals surface area contributed by atoms with Crippen LogP contribution >= 0.6 is 0 Å². The van der Waals surface area contributed by atoms with Gasteiger partial charge in [0.2, 0.25) is 0 Å². The molecule has 0 aliphatic rings. The lowest BCUT2D eigenvalue weighted by Crippen LogP contribution is -2.01. The smallest absolute Gasteiger partial charge is 0.0801 e. The largest absolute Gasteiger partial charge is 0.437 e. The molecular weight excluding hydrogens is 178 g/mol. The second-order valence-electron chi connectivity index (χ2n) is 1.54. The van der Waals surface area contributed by atoms with E-state index in [1.165, 1.54) is 0 Å². The molecule has 7 heteroatoms. The molecule has 0 unspecified atom stereocenters. The van der Waals surface area contributed by atoms with Crippen LogP contribution in [0.3, 0.4) is 0 Å². The molecule has 0 saturated carbocycles. The van der Waals surface area contributed by atoms with Gasteiger partial charge in [0.25, 0.3) is 0 Å². The quantitative estimate of drug-likeness (QED) is 0.606. The Bertz CT molecular complexity index is 244. The first-order valence-electron chi connectivity index (χ1n) is 1.85. The zero-order chi connectivity index (χ0) is 7.71. The number of hydrogen-bond donors (Lipinski definition) is 0. The summed E-state index contributed by atoms with van der Waals surface area (Å²) in [4.78, 5) is 0. The third kappa shape index (κ3) is 10.8. The van der Waals surface area contributed by atoms with Crippen molar-refractivity contribution in [1.82, 2.24) is 0 Å². The van der Waals surface area contributed by atoms with Gasteiger partial charge in [-0.15, -0.1) is 0 Å². The lowest BCUT2D eigenvalue weighted by Gasteiger charge is -2.11. The van der Waals surface area contributed by atoms with Crippen LogP contribution in [-0.4, -0.2) is 29.3 Å². The minimum Gasteiger partial charge on any atom is -0.437 e. The van der Waals surface area contributed by atoms with Gasteiger partial charge < -0.3 is 4.13 Å². The summed E-state index contributed by atoms with van der Waals surface area (Å²) in [6.07, 6.45) is 1.43. The lowest BCUT2D eigenvalue weighted by atomic mass is 12.0. The molecule has 0 aromatic heterocycles. The molecule has 0 rings (SSSR count). The van der Waals surface area contributed by atoms with Crippen molar-refractivity contribution in [3.05, 3.63) is 4.13 Å². The Morgan fingerprint density at radius 3 is 1.10 bits per heavy atom. The van der Waals surface area contributed by atoms with E-state index < -0.39 is 20.0 Å². The number of sulfonamides is 2. The zero-order valence-corrected chi connectivity index (χ0v) is 6.53. The lowest BCUT2D eigenvalue weighted by molar-refractivity contribution is 0.601. The number of nitrogens with zero attached hydrogens (tertiary/aromatic N) is 1. The molecule has 64 valence electrons. The van der Waals surface area contributed by atoms with Gasteiger partial charge in [-0.3, -0.25) is 0 Å². The van der Waals surface area contributed by atoms with Crippen LogP contribution in [-0.2, 0) is 20.0 Å². The van der Waals surface area contributed by atoms with Gasteiger partial charge in [-0.2, -0.15) is 0 Å². The first kappa shape index (κ1) is 12.5. The molecule has 0 amide bonds. The van der Waals surface area contributed by atoms with Gasteiger partial charge in [0.1, 0.15) is 0 Å². The van der Waals surface area contributed by atoms with E-state index in [4.69, 9.17) is 0 Å². The Balaban J connectivity index is 0. The summed E-state index contributed by atoms with van der Waals surface area (Å²) >= 11 is 0. The predicted octanol–water partition coefficient (Wildman–Crippen LogP) is -0.0846. The molecule has 0 radical (unpaired) electrons. The highest BCUT2D eigenvalue weighted by Crippen LogP contribution is 2.03. The van der Waals surface area contributed by atoms with Gasteiger partial charge in [-0.1, -0.05) is 7.43 Å². The van der Waals surface area contributed by atoms with Crippen molar-refractivity contribution in [1.29, 1.82) is 0 Å². The first-order chi connectivity index (χ1) is 3.71. The van der Waals surface area contributed by atoms with Crippen molar-refractivity contribution >= 4 is 20.0 Å². The Labute approximate surface area is 61.5 Å². The Kier molecular flexibility index (Phi) is 4.15. The summed E-state index contributed by atoms with van der Waals surface area (Å²) in [5, 5.41) is 0. The van der Waals surface area contributed by atoms with Crippen molar-refractivity contribution in [3.8, 4) is 0 Å². The summed E-state index contributed by atoms with van der Waals surface area (Å²) in [7, 11) is -7.49. The maximum Gasteiger partial charge on any atom is 0.0801 e. The molecule has 0 aliphatic heterocycles. The van der Waals surface area contributed by atoms with E-state index in [1.807, 2.05) is 0 Å². The van der Waals surface area contributed by atoms with Gasteiger partial charge in [-0.05, 0) is 0 Å². The summed E-state index contributed by atoms with van der Waals surface area (Å²) in [5.74, 6) is 0. The molecular formula is C3H10NO4S2-. The Hall–Kier alpha value is -0.140. The van der Waals surface area contributed by atoms with Crippen molar-refractivity contribution in [3.63, 3.8) is 0 Å². The summed E-state index contributed by atoms with van der Waals surface area (Å²) in [5.41, 5.74) is 0. The zero-order valence-electron chi connectivity index (χ0n) is 4.90. The van der Waals surface area contributed by atoms with Crippen LogP contribution in [0.25, 0.3) is 4.13 Å². The Morgan fingerprint density at radius 1 is 0.900 bits per heavy atom. The van der Waals surface area contributed by atoms with Gasteiger partial charge in [0.05, 0.1) is 20.0 Å². The van der Waals surface area contributed by atoms with Gasteiger partial charge >= 0.3 is 0 Å². The van der Waals surface area contributed by atoms with Crippen LogP contribution in [0.15, 0.2) is 0 Å². The van der Waals surface area contributed by atoms with Crippen molar-refractivity contribution in [2.45, 2.75) is 7.43 Å². The predicted molar refractivity (Wildman–Crippen MR) is 39.8 cm³/mol. The molecule has 0 bridgehead atoms. The summed E-state index contributed by atoms with van der Waals surface area (Å²) in [6, 6.07) is 0. The first-order valence-corrected chi connectivity index (χ1v) is 5.54. The molecule has 0 aromatic carbocycles.